The van der Waals surface area contributed by atoms with Crippen molar-refractivity contribution < 1.29 is 14.6 Å². The number of piperidine rings is 1. The van der Waals surface area contributed by atoms with Crippen molar-refractivity contribution >= 4 is 5.97 Å². The lowest BCUT2D eigenvalue weighted by molar-refractivity contribution is -0.151. The van der Waals surface area contributed by atoms with Crippen LogP contribution in [0.2, 0.25) is 0 Å². The van der Waals surface area contributed by atoms with Crippen LogP contribution in [0.25, 0.3) is 0 Å². The highest BCUT2D eigenvalue weighted by molar-refractivity contribution is 5.74. The summed E-state index contributed by atoms with van der Waals surface area (Å²) >= 11 is 0. The quantitative estimate of drug-likeness (QED) is 0.689. The zero-order chi connectivity index (χ0) is 14.3. The molecular formula is C15H29NO3. The molecule has 0 aromatic rings. The first-order valence-corrected chi connectivity index (χ1v) is 7.52. The Bertz CT molecular complexity index is 279. The first-order chi connectivity index (χ1) is 8.98. The largest absolute Gasteiger partial charge is 0.481 e. The monoisotopic (exact) mass is 271 g/mol. The number of hydrogen-bond donors (Lipinski definition) is 1. The number of carboxylic acid groups (broad SMARTS) is 1. The molecule has 1 atom stereocenters. The minimum atomic E-state index is -0.682. The fourth-order valence-corrected chi connectivity index (χ4v) is 2.56. The predicted molar refractivity (Wildman–Crippen MR) is 76.3 cm³/mol. The van der Waals surface area contributed by atoms with Crippen molar-refractivity contribution in [2.45, 2.75) is 46.5 Å². The molecule has 0 aliphatic carbocycles. The molecule has 0 spiro atoms. The third-order valence-electron chi connectivity index (χ3n) is 4.27. The first kappa shape index (κ1) is 16.4. The SMILES string of the molecule is CCCCOCCN1CCCC(C(C)(C)C(=O)O)C1. The Morgan fingerprint density at radius 1 is 1.42 bits per heavy atom. The van der Waals surface area contributed by atoms with Crippen molar-refractivity contribution in [3.05, 3.63) is 0 Å². The number of ether oxygens (including phenoxy) is 1. The fourth-order valence-electron chi connectivity index (χ4n) is 2.56. The summed E-state index contributed by atoms with van der Waals surface area (Å²) in [7, 11) is 0. The van der Waals surface area contributed by atoms with Crippen LogP contribution in [0, 0.1) is 11.3 Å². The zero-order valence-corrected chi connectivity index (χ0v) is 12.7. The number of aliphatic carboxylic acids is 1. The number of nitrogens with zero attached hydrogens (tertiary/aromatic N) is 1. The third-order valence-corrected chi connectivity index (χ3v) is 4.27. The molecule has 4 heteroatoms. The van der Waals surface area contributed by atoms with E-state index in [2.05, 4.69) is 11.8 Å². The van der Waals surface area contributed by atoms with Crippen LogP contribution in [0.15, 0.2) is 0 Å². The first-order valence-electron chi connectivity index (χ1n) is 7.52. The van der Waals surface area contributed by atoms with E-state index in [0.29, 0.717) is 0 Å². The summed E-state index contributed by atoms with van der Waals surface area (Å²) in [4.78, 5) is 13.7. The summed E-state index contributed by atoms with van der Waals surface area (Å²) < 4.78 is 5.59. The van der Waals surface area contributed by atoms with Crippen molar-refractivity contribution in [2.75, 3.05) is 32.8 Å². The number of carbonyl (C=O) groups is 1. The Morgan fingerprint density at radius 2 is 2.16 bits per heavy atom. The van der Waals surface area contributed by atoms with Crippen LogP contribution in [0.1, 0.15) is 46.5 Å². The maximum absolute atomic E-state index is 11.3. The summed E-state index contributed by atoms with van der Waals surface area (Å²) in [6, 6.07) is 0. The Morgan fingerprint density at radius 3 is 2.79 bits per heavy atom. The van der Waals surface area contributed by atoms with Gasteiger partial charge in [-0.25, -0.2) is 0 Å². The van der Waals surface area contributed by atoms with E-state index in [1.807, 2.05) is 13.8 Å². The minimum Gasteiger partial charge on any atom is -0.481 e. The molecule has 1 heterocycles. The number of likely N-dealkylation sites (tertiary alicyclic amines) is 1. The van der Waals surface area contributed by atoms with Crippen molar-refractivity contribution in [2.24, 2.45) is 11.3 Å². The Balaban J connectivity index is 2.32. The van der Waals surface area contributed by atoms with Crippen LogP contribution in [-0.4, -0.2) is 48.8 Å². The van der Waals surface area contributed by atoms with E-state index in [1.54, 1.807) is 0 Å². The lowest BCUT2D eigenvalue weighted by Gasteiger charge is -2.39. The van der Waals surface area contributed by atoms with Gasteiger partial charge < -0.3 is 14.7 Å². The normalized spacial score (nSPS) is 21.5. The highest BCUT2D eigenvalue weighted by atomic mass is 16.5. The molecule has 0 bridgehead atoms. The summed E-state index contributed by atoms with van der Waals surface area (Å²) in [5.74, 6) is -0.437. The van der Waals surface area contributed by atoms with Crippen molar-refractivity contribution in [3.63, 3.8) is 0 Å². The molecule has 0 aromatic carbocycles. The van der Waals surface area contributed by atoms with E-state index >= 15 is 0 Å². The van der Waals surface area contributed by atoms with Gasteiger partial charge >= 0.3 is 5.97 Å². The van der Waals surface area contributed by atoms with Crippen LogP contribution in [-0.2, 0) is 9.53 Å². The average molecular weight is 271 g/mol. The molecule has 0 radical (unpaired) electrons. The molecule has 1 aliphatic heterocycles. The molecule has 1 unspecified atom stereocenters. The molecule has 1 fully saturated rings. The van der Waals surface area contributed by atoms with E-state index in [0.717, 1.165) is 52.1 Å². The zero-order valence-electron chi connectivity index (χ0n) is 12.7. The fraction of sp³-hybridized carbons (Fsp3) is 0.933. The highest BCUT2D eigenvalue weighted by Gasteiger charge is 2.38. The highest BCUT2D eigenvalue weighted by Crippen LogP contribution is 2.34. The molecule has 1 rings (SSSR count). The van der Waals surface area contributed by atoms with Gasteiger partial charge in [-0.15, -0.1) is 0 Å². The topological polar surface area (TPSA) is 49.8 Å². The van der Waals surface area contributed by atoms with Crippen molar-refractivity contribution in [3.8, 4) is 0 Å². The van der Waals surface area contributed by atoms with Gasteiger partial charge in [0.05, 0.1) is 12.0 Å². The van der Waals surface area contributed by atoms with Gasteiger partial charge in [0.15, 0.2) is 0 Å². The number of carboxylic acids is 1. The number of unbranched alkanes of at least 4 members (excludes halogenated alkanes) is 1. The standard InChI is InChI=1S/C15H29NO3/c1-4-5-10-19-11-9-16-8-6-7-13(12-16)15(2,3)14(17)18/h13H,4-12H2,1-3H3,(H,17,18). The van der Waals surface area contributed by atoms with Crippen LogP contribution in [0.3, 0.4) is 0 Å². The van der Waals surface area contributed by atoms with E-state index in [1.165, 1.54) is 6.42 Å². The lowest BCUT2D eigenvalue weighted by atomic mass is 9.74. The van der Waals surface area contributed by atoms with Crippen molar-refractivity contribution in [1.29, 1.82) is 0 Å². The second kappa shape index (κ2) is 7.85. The van der Waals surface area contributed by atoms with E-state index in [4.69, 9.17) is 4.74 Å². The molecule has 0 amide bonds. The van der Waals surface area contributed by atoms with Crippen LogP contribution in [0.5, 0.6) is 0 Å². The molecule has 1 aliphatic rings. The van der Waals surface area contributed by atoms with Crippen molar-refractivity contribution in [1.82, 2.24) is 4.90 Å². The van der Waals surface area contributed by atoms with Gasteiger partial charge in [0, 0.05) is 19.7 Å². The Labute approximate surface area is 117 Å². The maximum Gasteiger partial charge on any atom is 0.309 e. The lowest BCUT2D eigenvalue weighted by Crippen LogP contribution is -2.45. The average Bonchev–Trinajstić information content (AvgIpc) is 2.38. The van der Waals surface area contributed by atoms with E-state index < -0.39 is 11.4 Å². The minimum absolute atomic E-state index is 0.245. The molecule has 1 N–H and O–H groups in total. The third kappa shape index (κ3) is 5.11. The summed E-state index contributed by atoms with van der Waals surface area (Å²) in [5.41, 5.74) is -0.623. The second-order valence-electron chi connectivity index (χ2n) is 6.13. The summed E-state index contributed by atoms with van der Waals surface area (Å²) in [6.07, 6.45) is 4.40. The predicted octanol–water partition coefficient (Wildman–Crippen LogP) is 2.63. The second-order valence-corrected chi connectivity index (χ2v) is 6.13. The summed E-state index contributed by atoms with van der Waals surface area (Å²) in [5, 5.41) is 9.31. The van der Waals surface area contributed by atoms with Gasteiger partial charge in [-0.2, -0.15) is 0 Å². The number of hydrogen-bond acceptors (Lipinski definition) is 3. The van der Waals surface area contributed by atoms with Crippen LogP contribution in [0.4, 0.5) is 0 Å². The van der Waals surface area contributed by atoms with Gasteiger partial charge in [-0.1, -0.05) is 13.3 Å². The number of rotatable bonds is 8. The van der Waals surface area contributed by atoms with Crippen LogP contribution < -0.4 is 0 Å². The van der Waals surface area contributed by atoms with Gasteiger partial charge in [-0.3, -0.25) is 4.79 Å². The molecule has 19 heavy (non-hydrogen) atoms. The Hall–Kier alpha value is -0.610. The molecule has 112 valence electrons. The van der Waals surface area contributed by atoms with Gasteiger partial charge in [0.25, 0.3) is 0 Å². The van der Waals surface area contributed by atoms with E-state index in [-0.39, 0.29) is 5.92 Å². The Kier molecular flexibility index (Phi) is 6.80. The maximum atomic E-state index is 11.3. The smallest absolute Gasteiger partial charge is 0.309 e. The van der Waals surface area contributed by atoms with Gasteiger partial charge in [0.2, 0.25) is 0 Å². The molecule has 4 nitrogen and oxygen atoms in total. The van der Waals surface area contributed by atoms with Crippen LogP contribution >= 0.6 is 0 Å². The summed E-state index contributed by atoms with van der Waals surface area (Å²) in [6.45, 7) is 10.3. The van der Waals surface area contributed by atoms with Gasteiger partial charge in [-0.05, 0) is 45.6 Å². The molecular weight excluding hydrogens is 242 g/mol. The van der Waals surface area contributed by atoms with E-state index in [9.17, 15) is 9.90 Å². The molecule has 1 saturated heterocycles. The molecule has 0 aromatic heterocycles. The van der Waals surface area contributed by atoms with Gasteiger partial charge in [0.1, 0.15) is 0 Å². The molecule has 0 saturated carbocycles.